The first-order chi connectivity index (χ1) is 22.2. The zero-order valence-electron chi connectivity index (χ0n) is 26.5. The van der Waals surface area contributed by atoms with Crippen molar-refractivity contribution in [3.8, 4) is 5.75 Å². The molecule has 1 aromatic carbocycles. The number of methoxy groups -OCH3 is 1. The summed E-state index contributed by atoms with van der Waals surface area (Å²) in [6.07, 6.45) is -3.44. The van der Waals surface area contributed by atoms with Crippen LogP contribution in [0.15, 0.2) is 31.0 Å². The molecule has 5 rings (SSSR count). The van der Waals surface area contributed by atoms with Crippen LogP contribution in [-0.2, 0) is 11.3 Å². The van der Waals surface area contributed by atoms with Crippen molar-refractivity contribution in [1.29, 1.82) is 0 Å². The Labute approximate surface area is 269 Å². The number of rotatable bonds is 9. The zero-order valence-corrected chi connectivity index (χ0v) is 26.5. The van der Waals surface area contributed by atoms with Crippen molar-refractivity contribution >= 4 is 40.8 Å². The Morgan fingerprint density at radius 2 is 1.85 bits per heavy atom. The fourth-order valence-corrected chi connectivity index (χ4v) is 6.16. The van der Waals surface area contributed by atoms with Gasteiger partial charge in [0, 0.05) is 62.9 Å². The van der Waals surface area contributed by atoms with E-state index >= 15 is 0 Å². The van der Waals surface area contributed by atoms with Crippen molar-refractivity contribution in [3.63, 3.8) is 0 Å². The van der Waals surface area contributed by atoms with E-state index in [1.165, 1.54) is 13.3 Å². The number of nitrogens with zero attached hydrogens (tertiary/aromatic N) is 6. The van der Waals surface area contributed by atoms with E-state index in [0.29, 0.717) is 22.0 Å². The Bertz CT molecular complexity index is 1490. The Hall–Kier alpha value is -4.21. The van der Waals surface area contributed by atoms with E-state index in [9.17, 15) is 31.5 Å². The number of anilines is 5. The van der Waals surface area contributed by atoms with Gasteiger partial charge in [-0.3, -0.25) is 9.69 Å². The monoisotopic (exact) mass is 666 g/mol. The molecular formula is C31H39F5N8O3. The maximum atomic E-state index is 14.0. The van der Waals surface area contributed by atoms with Crippen LogP contribution in [0.1, 0.15) is 45.1 Å². The van der Waals surface area contributed by atoms with Gasteiger partial charge in [0.2, 0.25) is 17.8 Å². The lowest BCUT2D eigenvalue weighted by Crippen LogP contribution is -2.58. The number of amides is 3. The van der Waals surface area contributed by atoms with Crippen LogP contribution in [-0.4, -0.2) is 95.7 Å². The minimum atomic E-state index is -4.70. The average Bonchev–Trinajstić information content (AvgIpc) is 3.04. The van der Waals surface area contributed by atoms with Crippen molar-refractivity contribution < 1.29 is 36.3 Å². The summed E-state index contributed by atoms with van der Waals surface area (Å²) >= 11 is 0. The molecule has 16 heteroatoms. The number of hydrogen-bond acceptors (Lipinski definition) is 8. The van der Waals surface area contributed by atoms with Crippen LogP contribution in [0.5, 0.6) is 5.75 Å². The lowest BCUT2D eigenvalue weighted by atomic mass is 9.90. The number of fused-ring (bicyclic) bond motifs is 1. The summed E-state index contributed by atoms with van der Waals surface area (Å²) in [5.41, 5.74) is 1.81. The molecule has 0 unspecified atom stereocenters. The molecule has 1 aromatic heterocycles. The van der Waals surface area contributed by atoms with Crippen molar-refractivity contribution in [2.24, 2.45) is 0 Å². The molecule has 0 spiro atoms. The van der Waals surface area contributed by atoms with E-state index in [2.05, 4.69) is 43.9 Å². The molecular weight excluding hydrogens is 627 g/mol. The SMILES string of the molecule is C=CC(=O)Nc1cc(Nc2ncc3c(n2)N(C2CCC(F)(F)CC2)C(=O)N([C@@H](C)C(F)(F)F)C3)c(OC)cc1N1CCN(CC)CC1. The van der Waals surface area contributed by atoms with Crippen molar-refractivity contribution in [1.82, 2.24) is 19.8 Å². The molecule has 256 valence electrons. The largest absolute Gasteiger partial charge is 0.494 e. The van der Waals surface area contributed by atoms with Crippen LogP contribution in [0.2, 0.25) is 0 Å². The number of nitrogens with one attached hydrogen (secondary N) is 2. The molecule has 1 saturated heterocycles. The van der Waals surface area contributed by atoms with E-state index in [1.54, 1.807) is 12.1 Å². The van der Waals surface area contributed by atoms with Crippen LogP contribution in [0.3, 0.4) is 0 Å². The number of urea groups is 1. The number of likely N-dealkylation sites (N-methyl/N-ethyl adjacent to an activating group) is 1. The third-order valence-electron chi connectivity index (χ3n) is 9.02. The molecule has 1 atom stereocenters. The van der Waals surface area contributed by atoms with E-state index < -0.39 is 55.5 Å². The molecule has 3 aliphatic rings. The fraction of sp³-hybridized carbons (Fsp3) is 0.548. The molecule has 2 fully saturated rings. The van der Waals surface area contributed by atoms with Gasteiger partial charge in [0.05, 0.1) is 30.7 Å². The van der Waals surface area contributed by atoms with Crippen LogP contribution < -0.4 is 25.2 Å². The third-order valence-corrected chi connectivity index (χ3v) is 9.02. The van der Waals surface area contributed by atoms with Crippen molar-refractivity contribution in [3.05, 3.63) is 36.5 Å². The number of carbonyl (C=O) groups is 2. The lowest BCUT2D eigenvalue weighted by molar-refractivity contribution is -0.172. The quantitative estimate of drug-likeness (QED) is 0.257. The summed E-state index contributed by atoms with van der Waals surface area (Å²) in [7, 11) is 1.48. The first kappa shape index (κ1) is 34.1. The van der Waals surface area contributed by atoms with Gasteiger partial charge in [0.25, 0.3) is 0 Å². The number of ether oxygens (including phenoxy) is 1. The second-order valence-electron chi connectivity index (χ2n) is 11.9. The van der Waals surface area contributed by atoms with E-state index in [-0.39, 0.29) is 30.2 Å². The zero-order chi connectivity index (χ0) is 34.1. The molecule has 0 bridgehead atoms. The molecule has 1 saturated carbocycles. The fourth-order valence-electron chi connectivity index (χ4n) is 6.16. The average molecular weight is 667 g/mol. The van der Waals surface area contributed by atoms with Crippen molar-refractivity contribution in [2.45, 2.75) is 70.3 Å². The van der Waals surface area contributed by atoms with Gasteiger partial charge in [-0.05, 0) is 38.5 Å². The molecule has 2 aromatic rings. The standard InChI is InChI=1S/C31H39F5N8O3/c1-5-26(45)38-22-15-23(25(47-4)16-24(22)42-13-11-41(6-2)12-14-42)39-28-37-17-20-18-43(19(3)31(34,35)36)29(46)44(27(20)40-28)21-7-9-30(32,33)10-8-21/h5,15-17,19,21H,1,6-14,18H2,2-4H3,(H,38,45)(H,37,39,40)/t19-/m0/s1. The minimum absolute atomic E-state index is 0.0105. The number of carbonyl (C=O) groups excluding carboxylic acids is 2. The first-order valence-corrected chi connectivity index (χ1v) is 15.5. The molecule has 3 heterocycles. The number of piperazine rings is 1. The molecule has 1 aliphatic carbocycles. The first-order valence-electron chi connectivity index (χ1n) is 15.5. The Morgan fingerprint density at radius 1 is 1.17 bits per heavy atom. The normalized spacial score (nSPS) is 19.7. The smallest absolute Gasteiger partial charge is 0.408 e. The van der Waals surface area contributed by atoms with Crippen molar-refractivity contribution in [2.75, 3.05) is 60.3 Å². The predicted octanol–water partition coefficient (Wildman–Crippen LogP) is 5.77. The maximum absolute atomic E-state index is 14.0. The third kappa shape index (κ3) is 7.36. The van der Waals surface area contributed by atoms with E-state index in [0.717, 1.165) is 56.3 Å². The summed E-state index contributed by atoms with van der Waals surface area (Å²) in [5, 5.41) is 5.90. The van der Waals surface area contributed by atoms with E-state index in [4.69, 9.17) is 4.74 Å². The molecule has 2 N–H and O–H groups in total. The van der Waals surface area contributed by atoms with Gasteiger partial charge in [-0.15, -0.1) is 0 Å². The summed E-state index contributed by atoms with van der Waals surface area (Å²) in [4.78, 5) is 41.1. The van der Waals surface area contributed by atoms with Gasteiger partial charge < -0.3 is 30.1 Å². The van der Waals surface area contributed by atoms with Gasteiger partial charge in [-0.2, -0.15) is 18.2 Å². The van der Waals surface area contributed by atoms with Crippen LogP contribution in [0.4, 0.5) is 55.6 Å². The molecule has 0 radical (unpaired) electrons. The van der Waals surface area contributed by atoms with Crippen LogP contribution >= 0.6 is 0 Å². The summed E-state index contributed by atoms with van der Waals surface area (Å²) < 4.78 is 75.0. The highest BCUT2D eigenvalue weighted by molar-refractivity contribution is 6.02. The number of benzene rings is 1. The van der Waals surface area contributed by atoms with Gasteiger partial charge in [-0.25, -0.2) is 18.6 Å². The second kappa shape index (κ2) is 13.5. The van der Waals surface area contributed by atoms with Gasteiger partial charge >= 0.3 is 12.2 Å². The van der Waals surface area contributed by atoms with Gasteiger partial charge in [0.1, 0.15) is 17.6 Å². The highest BCUT2D eigenvalue weighted by Gasteiger charge is 2.48. The molecule has 2 aliphatic heterocycles. The van der Waals surface area contributed by atoms with Crippen LogP contribution in [0, 0.1) is 0 Å². The highest BCUT2D eigenvalue weighted by atomic mass is 19.4. The maximum Gasteiger partial charge on any atom is 0.408 e. The molecule has 11 nitrogen and oxygen atoms in total. The molecule has 3 amide bonds. The number of halogens is 5. The second-order valence-corrected chi connectivity index (χ2v) is 11.9. The Morgan fingerprint density at radius 3 is 2.45 bits per heavy atom. The predicted molar refractivity (Wildman–Crippen MR) is 168 cm³/mol. The van der Waals surface area contributed by atoms with Gasteiger partial charge in [-0.1, -0.05) is 13.5 Å². The van der Waals surface area contributed by atoms with Gasteiger partial charge in [0.15, 0.2) is 0 Å². The van der Waals surface area contributed by atoms with E-state index in [1.807, 2.05) is 0 Å². The van der Waals surface area contributed by atoms with Crippen LogP contribution in [0.25, 0.3) is 0 Å². The Kier molecular flexibility index (Phi) is 9.80. The number of aromatic nitrogens is 2. The summed E-state index contributed by atoms with van der Waals surface area (Å²) in [6.45, 7) is 10.2. The number of alkyl halides is 5. The highest BCUT2D eigenvalue weighted by Crippen LogP contribution is 2.42. The molecule has 47 heavy (non-hydrogen) atoms. The summed E-state index contributed by atoms with van der Waals surface area (Å²) in [6, 6.07) is -0.430. The lowest BCUT2D eigenvalue weighted by Gasteiger charge is -2.44. The number of hydrogen-bond donors (Lipinski definition) is 2. The summed E-state index contributed by atoms with van der Waals surface area (Å²) in [5.74, 6) is -2.91. The topological polar surface area (TPSA) is 106 Å². The minimum Gasteiger partial charge on any atom is -0.494 e. The Balaban J connectivity index is 1.50.